The molecule has 1 heterocycles. The summed E-state index contributed by atoms with van der Waals surface area (Å²) in [6, 6.07) is 3.89. The van der Waals surface area contributed by atoms with E-state index in [2.05, 4.69) is 38.8 Å². The third-order valence-electron chi connectivity index (χ3n) is 5.39. The van der Waals surface area contributed by atoms with E-state index in [1.165, 1.54) is 0 Å². The molecule has 0 fully saturated rings. The zero-order valence-electron chi connectivity index (χ0n) is 16.4. The molecule has 6 heteroatoms. The third kappa shape index (κ3) is 4.12. The number of aryl methyl sites for hydroxylation is 3. The predicted molar refractivity (Wildman–Crippen MR) is 106 cm³/mol. The maximum Gasteiger partial charge on any atom is 0.316 e. The second-order valence-electron chi connectivity index (χ2n) is 8.33. The van der Waals surface area contributed by atoms with Crippen molar-refractivity contribution in [2.75, 3.05) is 6.61 Å². The highest BCUT2D eigenvalue weighted by Crippen LogP contribution is 2.36. The molecule has 0 aliphatic rings. The van der Waals surface area contributed by atoms with Gasteiger partial charge in [0.05, 0.1) is 11.0 Å². The Balaban J connectivity index is 2.24. The fourth-order valence-corrected chi connectivity index (χ4v) is 3.61. The number of rotatable bonds is 5. The number of nitrogens with one attached hydrogen (secondary N) is 1. The van der Waals surface area contributed by atoms with E-state index in [4.69, 9.17) is 4.43 Å². The molecule has 0 spiro atoms. The Hall–Kier alpha value is -1.66. The molecule has 1 aromatic carbocycles. The number of H-pyrrole nitrogens is 1. The highest BCUT2D eigenvalue weighted by molar-refractivity contribution is 6.74. The van der Waals surface area contributed by atoms with Crippen LogP contribution in [0.3, 0.4) is 0 Å². The molecule has 0 saturated carbocycles. The van der Waals surface area contributed by atoms with E-state index < -0.39 is 19.4 Å². The summed E-state index contributed by atoms with van der Waals surface area (Å²) in [6.07, 6.45) is 0.706. The van der Waals surface area contributed by atoms with E-state index in [9.17, 15) is 9.59 Å². The van der Waals surface area contributed by atoms with Crippen molar-refractivity contribution < 1.29 is 4.43 Å². The van der Waals surface area contributed by atoms with Crippen molar-refractivity contribution in [2.24, 2.45) is 0 Å². The van der Waals surface area contributed by atoms with Gasteiger partial charge in [0, 0.05) is 13.2 Å². The van der Waals surface area contributed by atoms with Gasteiger partial charge < -0.3 is 14.0 Å². The van der Waals surface area contributed by atoms with E-state index >= 15 is 0 Å². The van der Waals surface area contributed by atoms with Crippen molar-refractivity contribution in [3.63, 3.8) is 0 Å². The topological polar surface area (TPSA) is 64.1 Å². The summed E-state index contributed by atoms with van der Waals surface area (Å²) in [5.41, 5.74) is 2.61. The molecule has 2 aromatic rings. The monoisotopic (exact) mass is 362 g/mol. The van der Waals surface area contributed by atoms with Gasteiger partial charge in [-0.15, -0.1) is 0 Å². The normalized spacial score (nSPS) is 12.8. The molecular formula is C19H30N2O3Si. The standard InChI is InChI=1S/C19H30N2O3Si/c1-13-11-15-16(12-14(13)2)21(18(23)17(22)20-15)9-8-10-24-25(6,7)19(3,4)5/h11-12H,8-10H2,1-7H3,(H,20,22). The Bertz CT molecular complexity index is 888. The Kier molecular flexibility index (Phi) is 5.44. The van der Waals surface area contributed by atoms with Crippen molar-refractivity contribution in [2.45, 2.75) is 65.7 Å². The first-order valence-corrected chi connectivity index (χ1v) is 11.7. The molecular weight excluding hydrogens is 332 g/mol. The number of aromatic nitrogens is 2. The second kappa shape index (κ2) is 6.92. The molecule has 1 aromatic heterocycles. The van der Waals surface area contributed by atoms with Gasteiger partial charge in [0.15, 0.2) is 8.32 Å². The van der Waals surface area contributed by atoms with Crippen LogP contribution in [-0.4, -0.2) is 24.5 Å². The maximum absolute atomic E-state index is 12.3. The summed E-state index contributed by atoms with van der Waals surface area (Å²) in [5.74, 6) is 0. The van der Waals surface area contributed by atoms with Gasteiger partial charge in [-0.25, -0.2) is 0 Å². The van der Waals surface area contributed by atoms with Crippen LogP contribution in [-0.2, 0) is 11.0 Å². The first-order chi connectivity index (χ1) is 11.4. The Morgan fingerprint density at radius 1 is 1.12 bits per heavy atom. The van der Waals surface area contributed by atoms with Gasteiger partial charge in [0.2, 0.25) is 0 Å². The van der Waals surface area contributed by atoms with Crippen molar-refractivity contribution >= 4 is 19.4 Å². The highest BCUT2D eigenvalue weighted by atomic mass is 28.4. The van der Waals surface area contributed by atoms with Crippen LogP contribution in [0.1, 0.15) is 38.3 Å². The fraction of sp³-hybridized carbons (Fsp3) is 0.579. The second-order valence-corrected chi connectivity index (χ2v) is 13.1. The van der Waals surface area contributed by atoms with Gasteiger partial charge in [-0.2, -0.15) is 0 Å². The van der Waals surface area contributed by atoms with Gasteiger partial charge in [-0.3, -0.25) is 9.59 Å². The molecule has 1 N–H and O–H groups in total. The Labute approximate surface area is 150 Å². The molecule has 25 heavy (non-hydrogen) atoms. The summed E-state index contributed by atoms with van der Waals surface area (Å²) in [4.78, 5) is 27.0. The van der Waals surface area contributed by atoms with Gasteiger partial charge in [-0.05, 0) is 61.7 Å². The van der Waals surface area contributed by atoms with Crippen LogP contribution in [0.4, 0.5) is 0 Å². The van der Waals surface area contributed by atoms with E-state index in [0.29, 0.717) is 25.1 Å². The number of benzene rings is 1. The Morgan fingerprint density at radius 3 is 2.32 bits per heavy atom. The highest BCUT2D eigenvalue weighted by Gasteiger charge is 2.36. The quantitative estimate of drug-likeness (QED) is 0.501. The van der Waals surface area contributed by atoms with Crippen LogP contribution >= 0.6 is 0 Å². The summed E-state index contributed by atoms with van der Waals surface area (Å²) >= 11 is 0. The molecule has 0 bridgehead atoms. The van der Waals surface area contributed by atoms with Crippen LogP contribution in [0.15, 0.2) is 21.7 Å². The molecule has 2 rings (SSSR count). The van der Waals surface area contributed by atoms with Crippen molar-refractivity contribution in [1.82, 2.24) is 9.55 Å². The summed E-state index contributed by atoms with van der Waals surface area (Å²) in [7, 11) is -1.79. The molecule has 0 unspecified atom stereocenters. The van der Waals surface area contributed by atoms with Crippen molar-refractivity contribution in [1.29, 1.82) is 0 Å². The minimum atomic E-state index is -1.79. The minimum absolute atomic E-state index is 0.162. The van der Waals surface area contributed by atoms with E-state index in [1.54, 1.807) is 4.57 Å². The molecule has 0 atom stereocenters. The number of hydrogen-bond acceptors (Lipinski definition) is 3. The number of aromatic amines is 1. The number of nitrogens with zero attached hydrogens (tertiary/aromatic N) is 1. The first kappa shape index (κ1) is 19.7. The maximum atomic E-state index is 12.3. The average Bonchev–Trinajstić information content (AvgIpc) is 2.48. The SMILES string of the molecule is Cc1cc2[nH]c(=O)c(=O)n(CCCO[Si](C)(C)C(C)(C)C)c2cc1C. The van der Waals surface area contributed by atoms with Gasteiger partial charge in [0.25, 0.3) is 0 Å². The van der Waals surface area contributed by atoms with E-state index in [-0.39, 0.29) is 5.04 Å². The van der Waals surface area contributed by atoms with E-state index in [1.807, 2.05) is 26.0 Å². The van der Waals surface area contributed by atoms with Crippen LogP contribution in [0, 0.1) is 13.8 Å². The molecule has 0 aliphatic carbocycles. The molecule has 0 aliphatic heterocycles. The molecule has 0 radical (unpaired) electrons. The van der Waals surface area contributed by atoms with Gasteiger partial charge in [-0.1, -0.05) is 20.8 Å². The van der Waals surface area contributed by atoms with Gasteiger partial charge in [0.1, 0.15) is 0 Å². The molecule has 0 amide bonds. The molecule has 138 valence electrons. The smallest absolute Gasteiger partial charge is 0.316 e. The first-order valence-electron chi connectivity index (χ1n) is 8.82. The summed E-state index contributed by atoms with van der Waals surface area (Å²) in [5, 5.41) is 0.162. The largest absolute Gasteiger partial charge is 0.417 e. The summed E-state index contributed by atoms with van der Waals surface area (Å²) < 4.78 is 7.76. The lowest BCUT2D eigenvalue weighted by Crippen LogP contribution is -2.41. The number of hydrogen-bond donors (Lipinski definition) is 1. The zero-order chi connectivity index (χ0) is 19.0. The molecule has 5 nitrogen and oxygen atoms in total. The van der Waals surface area contributed by atoms with Crippen molar-refractivity contribution in [3.8, 4) is 0 Å². The lowest BCUT2D eigenvalue weighted by atomic mass is 10.1. The van der Waals surface area contributed by atoms with Crippen LogP contribution in [0.25, 0.3) is 11.0 Å². The third-order valence-corrected chi connectivity index (χ3v) is 9.92. The number of fused-ring (bicyclic) bond motifs is 1. The van der Waals surface area contributed by atoms with E-state index in [0.717, 1.165) is 16.6 Å². The fourth-order valence-electron chi connectivity index (χ4n) is 2.52. The van der Waals surface area contributed by atoms with Crippen LogP contribution < -0.4 is 11.1 Å². The predicted octanol–water partition coefficient (Wildman–Crippen LogP) is 3.72. The minimum Gasteiger partial charge on any atom is -0.417 e. The van der Waals surface area contributed by atoms with Crippen LogP contribution in [0.5, 0.6) is 0 Å². The van der Waals surface area contributed by atoms with Crippen molar-refractivity contribution in [3.05, 3.63) is 44.0 Å². The zero-order valence-corrected chi connectivity index (χ0v) is 17.4. The van der Waals surface area contributed by atoms with Gasteiger partial charge >= 0.3 is 11.1 Å². The van der Waals surface area contributed by atoms with Crippen LogP contribution in [0.2, 0.25) is 18.1 Å². The Morgan fingerprint density at radius 2 is 1.72 bits per heavy atom. The average molecular weight is 363 g/mol. The lowest BCUT2D eigenvalue weighted by Gasteiger charge is -2.36. The molecule has 0 saturated heterocycles. The summed E-state index contributed by atoms with van der Waals surface area (Å²) in [6.45, 7) is 16.1. The lowest BCUT2D eigenvalue weighted by molar-refractivity contribution is 0.275.